The minimum atomic E-state index is -0.0376. The Hall–Kier alpha value is -0.510. The molecule has 0 atom stereocenters. The van der Waals surface area contributed by atoms with Gasteiger partial charge >= 0.3 is 0 Å². The Labute approximate surface area is 114 Å². The van der Waals surface area contributed by atoms with Crippen LogP contribution in [0.15, 0.2) is 23.1 Å². The van der Waals surface area contributed by atoms with Gasteiger partial charge in [-0.3, -0.25) is 0 Å². The van der Waals surface area contributed by atoms with Crippen molar-refractivity contribution in [1.29, 1.82) is 0 Å². The van der Waals surface area contributed by atoms with Crippen molar-refractivity contribution in [3.8, 4) is 0 Å². The SMILES string of the molecule is CC(C)(CO)CNCc1ccc2c(c1)CCCS2. The summed E-state index contributed by atoms with van der Waals surface area (Å²) in [4.78, 5) is 1.46. The minimum Gasteiger partial charge on any atom is -0.396 e. The maximum absolute atomic E-state index is 9.21. The van der Waals surface area contributed by atoms with Crippen LogP contribution in [0.4, 0.5) is 0 Å². The van der Waals surface area contributed by atoms with Crippen molar-refractivity contribution < 1.29 is 5.11 Å². The van der Waals surface area contributed by atoms with Gasteiger partial charge in [0.15, 0.2) is 0 Å². The second kappa shape index (κ2) is 6.09. The van der Waals surface area contributed by atoms with Gasteiger partial charge in [0.2, 0.25) is 0 Å². The van der Waals surface area contributed by atoms with Crippen molar-refractivity contribution in [3.05, 3.63) is 29.3 Å². The third kappa shape index (κ3) is 3.74. The molecule has 1 aromatic rings. The lowest BCUT2D eigenvalue weighted by Crippen LogP contribution is -2.31. The molecule has 0 unspecified atom stereocenters. The first-order valence-corrected chi connectivity index (χ1v) is 7.65. The summed E-state index contributed by atoms with van der Waals surface area (Å²) in [5, 5.41) is 12.6. The predicted molar refractivity (Wildman–Crippen MR) is 78.1 cm³/mol. The first-order chi connectivity index (χ1) is 8.61. The monoisotopic (exact) mass is 265 g/mol. The molecule has 0 bridgehead atoms. The number of aryl methyl sites for hydroxylation is 1. The minimum absolute atomic E-state index is 0.0376. The zero-order chi connectivity index (χ0) is 13.0. The third-order valence-corrected chi connectivity index (χ3v) is 4.54. The molecular weight excluding hydrogens is 242 g/mol. The van der Waals surface area contributed by atoms with Gasteiger partial charge in [0, 0.05) is 30.0 Å². The molecule has 0 saturated heterocycles. The van der Waals surface area contributed by atoms with Crippen molar-refractivity contribution >= 4 is 11.8 Å². The Morgan fingerprint density at radius 1 is 1.39 bits per heavy atom. The zero-order valence-corrected chi connectivity index (χ0v) is 12.1. The van der Waals surface area contributed by atoms with E-state index in [0.29, 0.717) is 0 Å². The van der Waals surface area contributed by atoms with E-state index in [2.05, 4.69) is 37.4 Å². The van der Waals surface area contributed by atoms with E-state index in [1.165, 1.54) is 34.6 Å². The predicted octanol–water partition coefficient (Wildman–Crippen LogP) is 2.83. The third-order valence-electron chi connectivity index (χ3n) is 3.33. The molecule has 1 aromatic carbocycles. The topological polar surface area (TPSA) is 32.3 Å². The quantitative estimate of drug-likeness (QED) is 0.858. The maximum atomic E-state index is 9.21. The fraction of sp³-hybridized carbons (Fsp3) is 0.600. The Morgan fingerprint density at radius 3 is 3.00 bits per heavy atom. The highest BCUT2D eigenvalue weighted by atomic mass is 32.2. The number of thioether (sulfide) groups is 1. The standard InChI is InChI=1S/C15H23NOS/c1-15(2,11-17)10-16-9-12-5-6-14-13(8-12)4-3-7-18-14/h5-6,8,16-17H,3-4,7,9-11H2,1-2H3. The van der Waals surface area contributed by atoms with Gasteiger partial charge < -0.3 is 10.4 Å². The lowest BCUT2D eigenvalue weighted by molar-refractivity contribution is 0.156. The summed E-state index contributed by atoms with van der Waals surface area (Å²) in [5.41, 5.74) is 2.82. The highest BCUT2D eigenvalue weighted by Crippen LogP contribution is 2.30. The molecule has 18 heavy (non-hydrogen) atoms. The van der Waals surface area contributed by atoms with Crippen LogP contribution in [0.2, 0.25) is 0 Å². The molecule has 0 saturated carbocycles. The molecular formula is C15H23NOS. The van der Waals surface area contributed by atoms with E-state index in [1.807, 2.05) is 11.8 Å². The van der Waals surface area contributed by atoms with Gasteiger partial charge in [-0.1, -0.05) is 26.0 Å². The summed E-state index contributed by atoms with van der Waals surface area (Å²) >= 11 is 1.98. The van der Waals surface area contributed by atoms with Gasteiger partial charge in [0.05, 0.1) is 0 Å². The molecule has 1 aliphatic rings. The van der Waals surface area contributed by atoms with Gasteiger partial charge in [0.1, 0.15) is 0 Å². The zero-order valence-electron chi connectivity index (χ0n) is 11.3. The van der Waals surface area contributed by atoms with Gasteiger partial charge in [-0.2, -0.15) is 0 Å². The number of fused-ring (bicyclic) bond motifs is 1. The lowest BCUT2D eigenvalue weighted by Gasteiger charge is -2.22. The highest BCUT2D eigenvalue weighted by molar-refractivity contribution is 7.99. The van der Waals surface area contributed by atoms with Crippen LogP contribution in [-0.2, 0) is 13.0 Å². The van der Waals surface area contributed by atoms with Crippen molar-refractivity contribution in [3.63, 3.8) is 0 Å². The second-order valence-electron chi connectivity index (χ2n) is 5.82. The molecule has 2 N–H and O–H groups in total. The Bertz CT molecular complexity index is 403. The number of nitrogens with one attached hydrogen (secondary N) is 1. The Balaban J connectivity index is 1.90. The average Bonchev–Trinajstić information content (AvgIpc) is 2.38. The molecule has 0 fully saturated rings. The number of hydrogen-bond acceptors (Lipinski definition) is 3. The maximum Gasteiger partial charge on any atom is 0.0494 e. The normalized spacial score (nSPS) is 15.5. The fourth-order valence-electron chi connectivity index (χ4n) is 2.12. The summed E-state index contributed by atoms with van der Waals surface area (Å²) in [7, 11) is 0. The molecule has 1 aliphatic heterocycles. The largest absolute Gasteiger partial charge is 0.396 e. The van der Waals surface area contributed by atoms with E-state index in [4.69, 9.17) is 0 Å². The van der Waals surface area contributed by atoms with Crippen LogP contribution in [0.3, 0.4) is 0 Å². The number of rotatable bonds is 5. The van der Waals surface area contributed by atoms with Gasteiger partial charge in [0.25, 0.3) is 0 Å². The molecule has 1 heterocycles. The average molecular weight is 265 g/mol. The first-order valence-electron chi connectivity index (χ1n) is 6.67. The number of aliphatic hydroxyl groups is 1. The molecule has 3 heteroatoms. The number of benzene rings is 1. The molecule has 0 amide bonds. The van der Waals surface area contributed by atoms with Crippen LogP contribution >= 0.6 is 11.8 Å². The van der Waals surface area contributed by atoms with Crippen molar-refractivity contribution in [2.75, 3.05) is 18.9 Å². The first kappa shape index (κ1) is 13.9. The molecule has 0 spiro atoms. The highest BCUT2D eigenvalue weighted by Gasteiger charge is 2.15. The van der Waals surface area contributed by atoms with Crippen molar-refractivity contribution in [2.45, 2.75) is 38.1 Å². The molecule has 2 rings (SSSR count). The van der Waals surface area contributed by atoms with Crippen LogP contribution in [0.25, 0.3) is 0 Å². The van der Waals surface area contributed by atoms with Gasteiger partial charge in [-0.15, -0.1) is 11.8 Å². The summed E-state index contributed by atoms with van der Waals surface area (Å²) in [6, 6.07) is 6.81. The van der Waals surface area contributed by atoms with E-state index >= 15 is 0 Å². The summed E-state index contributed by atoms with van der Waals surface area (Å²) in [6.45, 7) is 6.10. The van der Waals surface area contributed by atoms with E-state index in [9.17, 15) is 5.11 Å². The Morgan fingerprint density at radius 2 is 2.22 bits per heavy atom. The van der Waals surface area contributed by atoms with Crippen molar-refractivity contribution in [1.82, 2.24) is 5.32 Å². The summed E-state index contributed by atoms with van der Waals surface area (Å²) in [5.74, 6) is 1.26. The van der Waals surface area contributed by atoms with Crippen LogP contribution < -0.4 is 5.32 Å². The van der Waals surface area contributed by atoms with E-state index < -0.39 is 0 Å². The summed E-state index contributed by atoms with van der Waals surface area (Å²) < 4.78 is 0. The van der Waals surface area contributed by atoms with E-state index in [1.54, 1.807) is 0 Å². The van der Waals surface area contributed by atoms with Crippen LogP contribution in [-0.4, -0.2) is 24.0 Å². The lowest BCUT2D eigenvalue weighted by atomic mass is 9.95. The van der Waals surface area contributed by atoms with Gasteiger partial charge in [-0.25, -0.2) is 0 Å². The summed E-state index contributed by atoms with van der Waals surface area (Å²) in [6.07, 6.45) is 2.52. The van der Waals surface area contributed by atoms with Crippen LogP contribution in [0, 0.1) is 5.41 Å². The van der Waals surface area contributed by atoms with Crippen LogP contribution in [0.1, 0.15) is 31.4 Å². The molecule has 0 aliphatic carbocycles. The fourth-order valence-corrected chi connectivity index (χ4v) is 3.14. The second-order valence-corrected chi connectivity index (χ2v) is 6.96. The molecule has 100 valence electrons. The molecule has 0 radical (unpaired) electrons. The van der Waals surface area contributed by atoms with Crippen molar-refractivity contribution in [2.24, 2.45) is 5.41 Å². The van der Waals surface area contributed by atoms with Gasteiger partial charge in [-0.05, 0) is 35.8 Å². The smallest absolute Gasteiger partial charge is 0.0494 e. The molecule has 0 aromatic heterocycles. The number of hydrogen-bond donors (Lipinski definition) is 2. The Kier molecular flexibility index (Phi) is 4.71. The number of aliphatic hydroxyl groups excluding tert-OH is 1. The van der Waals surface area contributed by atoms with E-state index in [0.717, 1.165) is 13.1 Å². The van der Waals surface area contributed by atoms with Crippen LogP contribution in [0.5, 0.6) is 0 Å². The van der Waals surface area contributed by atoms with E-state index in [-0.39, 0.29) is 12.0 Å². The molecule has 2 nitrogen and oxygen atoms in total.